The van der Waals surface area contributed by atoms with Crippen molar-refractivity contribution >= 4 is 5.78 Å². The molecule has 1 rings (SSSR count). The van der Waals surface area contributed by atoms with Crippen LogP contribution in [0.2, 0.25) is 0 Å². The van der Waals surface area contributed by atoms with Gasteiger partial charge in [-0.2, -0.15) is 0 Å². The van der Waals surface area contributed by atoms with E-state index in [9.17, 15) is 9.18 Å². The summed E-state index contributed by atoms with van der Waals surface area (Å²) < 4.78 is 16.9. The Morgan fingerprint density at radius 3 is 2.50 bits per heavy atom. The first-order valence-corrected chi connectivity index (χ1v) is 3.88. The summed E-state index contributed by atoms with van der Waals surface area (Å²) in [7, 11) is 1.24. The molecule has 0 aliphatic rings. The number of allylic oxidation sites excluding steroid dienone is 1. The minimum Gasteiger partial charge on any atom is -0.481 e. The summed E-state index contributed by atoms with van der Waals surface area (Å²) in [5, 5.41) is 8.89. The third kappa shape index (κ3) is 2.58. The number of rotatable bonds is 3. The number of aliphatic hydroxyl groups is 1. The monoisotopic (exact) mass is 196 g/mol. The van der Waals surface area contributed by atoms with Gasteiger partial charge in [0.2, 0.25) is 0 Å². The van der Waals surface area contributed by atoms with Crippen molar-refractivity contribution in [3.05, 3.63) is 47.7 Å². The molecule has 0 aliphatic heterocycles. The topological polar surface area (TPSA) is 46.5 Å². The van der Waals surface area contributed by atoms with Crippen LogP contribution in [0.15, 0.2) is 36.3 Å². The van der Waals surface area contributed by atoms with Crippen LogP contribution in [0.5, 0.6) is 0 Å². The van der Waals surface area contributed by atoms with Crippen molar-refractivity contribution in [3.8, 4) is 0 Å². The largest absolute Gasteiger partial charge is 0.481 e. The standard InChI is InChI=1S/C10H9FO3/c1-14-10(13)6-9(12)7-2-4-8(11)5-3-7/h2-6,13H,1H3/b10-6+. The van der Waals surface area contributed by atoms with Crippen LogP contribution in [-0.2, 0) is 4.74 Å². The fourth-order valence-corrected chi connectivity index (χ4v) is 0.869. The molecule has 0 bridgehead atoms. The second-order valence-corrected chi connectivity index (χ2v) is 2.56. The molecule has 0 saturated heterocycles. The zero-order chi connectivity index (χ0) is 10.6. The van der Waals surface area contributed by atoms with E-state index >= 15 is 0 Å². The fourth-order valence-electron chi connectivity index (χ4n) is 0.869. The van der Waals surface area contributed by atoms with Crippen molar-refractivity contribution in [2.45, 2.75) is 0 Å². The quantitative estimate of drug-likeness (QED) is 0.457. The minimum atomic E-state index is -0.473. The summed E-state index contributed by atoms with van der Waals surface area (Å²) >= 11 is 0. The summed E-state index contributed by atoms with van der Waals surface area (Å²) in [5.74, 6) is -1.33. The van der Waals surface area contributed by atoms with Gasteiger partial charge in [0, 0.05) is 5.56 Å². The maximum Gasteiger partial charge on any atom is 0.280 e. The fraction of sp³-hybridized carbons (Fsp3) is 0.100. The lowest BCUT2D eigenvalue weighted by Crippen LogP contribution is -1.97. The molecular formula is C10H9FO3. The molecule has 0 aliphatic carbocycles. The minimum absolute atomic E-state index is 0.287. The number of carbonyl (C=O) groups is 1. The Hall–Kier alpha value is -1.84. The number of benzene rings is 1. The van der Waals surface area contributed by atoms with Gasteiger partial charge in [0.05, 0.1) is 13.2 Å². The Morgan fingerprint density at radius 1 is 1.43 bits per heavy atom. The lowest BCUT2D eigenvalue weighted by Gasteiger charge is -1.97. The molecule has 0 saturated carbocycles. The second kappa shape index (κ2) is 4.41. The van der Waals surface area contributed by atoms with Crippen LogP contribution in [0.1, 0.15) is 10.4 Å². The normalized spacial score (nSPS) is 11.1. The maximum atomic E-state index is 12.5. The molecule has 0 fully saturated rings. The third-order valence-electron chi connectivity index (χ3n) is 1.59. The molecular weight excluding hydrogens is 187 g/mol. The van der Waals surface area contributed by atoms with Crippen LogP contribution in [-0.4, -0.2) is 18.0 Å². The molecule has 3 nitrogen and oxygen atoms in total. The number of ketones is 1. The predicted molar refractivity (Wildman–Crippen MR) is 48.5 cm³/mol. The van der Waals surface area contributed by atoms with E-state index < -0.39 is 17.5 Å². The van der Waals surface area contributed by atoms with Crippen LogP contribution in [0.25, 0.3) is 0 Å². The van der Waals surface area contributed by atoms with E-state index in [1.807, 2.05) is 0 Å². The van der Waals surface area contributed by atoms with Gasteiger partial charge in [0.1, 0.15) is 5.82 Å². The summed E-state index contributed by atoms with van der Waals surface area (Å²) in [6.45, 7) is 0. The summed E-state index contributed by atoms with van der Waals surface area (Å²) in [5.41, 5.74) is 0.287. The lowest BCUT2D eigenvalue weighted by molar-refractivity contribution is 0.100. The molecule has 0 heterocycles. The Balaban J connectivity index is 2.85. The lowest BCUT2D eigenvalue weighted by atomic mass is 10.1. The van der Waals surface area contributed by atoms with Crippen LogP contribution in [0.4, 0.5) is 4.39 Å². The first-order valence-electron chi connectivity index (χ1n) is 3.88. The number of aliphatic hydroxyl groups excluding tert-OH is 1. The number of methoxy groups -OCH3 is 1. The van der Waals surface area contributed by atoms with Gasteiger partial charge in [-0.25, -0.2) is 4.39 Å². The highest BCUT2D eigenvalue weighted by molar-refractivity contribution is 6.04. The SMILES string of the molecule is CO/C(O)=C/C(=O)c1ccc(F)cc1. The van der Waals surface area contributed by atoms with E-state index in [0.29, 0.717) is 0 Å². The van der Waals surface area contributed by atoms with E-state index in [-0.39, 0.29) is 5.56 Å². The molecule has 4 heteroatoms. The molecule has 14 heavy (non-hydrogen) atoms. The summed E-state index contributed by atoms with van der Waals surface area (Å²) in [6.07, 6.45) is 0.924. The highest BCUT2D eigenvalue weighted by atomic mass is 19.1. The molecule has 0 radical (unpaired) electrons. The van der Waals surface area contributed by atoms with Gasteiger partial charge in [0.15, 0.2) is 5.78 Å². The van der Waals surface area contributed by atoms with E-state index in [2.05, 4.69) is 4.74 Å². The van der Waals surface area contributed by atoms with Crippen LogP contribution < -0.4 is 0 Å². The zero-order valence-corrected chi connectivity index (χ0v) is 7.53. The number of hydrogen-bond donors (Lipinski definition) is 1. The van der Waals surface area contributed by atoms with Crippen LogP contribution in [0, 0.1) is 5.82 Å². The maximum absolute atomic E-state index is 12.5. The second-order valence-electron chi connectivity index (χ2n) is 2.56. The van der Waals surface area contributed by atoms with Crippen molar-refractivity contribution in [1.29, 1.82) is 0 Å². The zero-order valence-electron chi connectivity index (χ0n) is 7.53. The van der Waals surface area contributed by atoms with Crippen molar-refractivity contribution in [2.75, 3.05) is 7.11 Å². The molecule has 74 valence electrons. The van der Waals surface area contributed by atoms with E-state index in [0.717, 1.165) is 6.08 Å². The highest BCUT2D eigenvalue weighted by Crippen LogP contribution is 2.05. The van der Waals surface area contributed by atoms with Gasteiger partial charge >= 0.3 is 0 Å². The number of hydrogen-bond acceptors (Lipinski definition) is 3. The smallest absolute Gasteiger partial charge is 0.280 e. The van der Waals surface area contributed by atoms with Crippen molar-refractivity contribution in [2.24, 2.45) is 0 Å². The van der Waals surface area contributed by atoms with E-state index in [1.54, 1.807) is 0 Å². The number of ether oxygens (including phenoxy) is 1. The number of carbonyl (C=O) groups excluding carboxylic acids is 1. The molecule has 0 atom stereocenters. The van der Waals surface area contributed by atoms with Gasteiger partial charge in [-0.05, 0) is 24.3 Å². The van der Waals surface area contributed by atoms with Crippen molar-refractivity contribution < 1.29 is 19.0 Å². The molecule has 1 N–H and O–H groups in total. The third-order valence-corrected chi connectivity index (χ3v) is 1.59. The van der Waals surface area contributed by atoms with E-state index in [4.69, 9.17) is 5.11 Å². The Bertz CT molecular complexity index is 354. The summed E-state index contributed by atoms with van der Waals surface area (Å²) in [6, 6.07) is 5.00. The van der Waals surface area contributed by atoms with Crippen molar-refractivity contribution in [3.63, 3.8) is 0 Å². The molecule has 0 unspecified atom stereocenters. The predicted octanol–water partition coefficient (Wildman–Crippen LogP) is 2.05. The molecule has 0 aromatic heterocycles. The molecule has 0 amide bonds. The van der Waals surface area contributed by atoms with Crippen molar-refractivity contribution in [1.82, 2.24) is 0 Å². The summed E-state index contributed by atoms with van der Waals surface area (Å²) in [4.78, 5) is 11.3. The average Bonchev–Trinajstić information content (AvgIpc) is 2.18. The average molecular weight is 196 g/mol. The van der Waals surface area contributed by atoms with Gasteiger partial charge in [-0.15, -0.1) is 0 Å². The first kappa shape index (κ1) is 10.2. The molecule has 1 aromatic rings. The number of halogens is 1. The van der Waals surface area contributed by atoms with Crippen LogP contribution >= 0.6 is 0 Å². The Kier molecular flexibility index (Phi) is 3.23. The van der Waals surface area contributed by atoms with E-state index in [1.165, 1.54) is 31.4 Å². The Morgan fingerprint density at radius 2 is 2.00 bits per heavy atom. The van der Waals surface area contributed by atoms with Gasteiger partial charge in [-0.1, -0.05) is 0 Å². The van der Waals surface area contributed by atoms with Crippen LogP contribution in [0.3, 0.4) is 0 Å². The first-order chi connectivity index (χ1) is 6.63. The van der Waals surface area contributed by atoms with Gasteiger partial charge in [0.25, 0.3) is 5.95 Å². The Labute approximate surface area is 80.4 Å². The van der Waals surface area contributed by atoms with Gasteiger partial charge in [-0.3, -0.25) is 4.79 Å². The molecule has 1 aromatic carbocycles. The highest BCUT2D eigenvalue weighted by Gasteiger charge is 2.04. The van der Waals surface area contributed by atoms with Gasteiger partial charge < -0.3 is 9.84 Å². The molecule has 0 spiro atoms.